The second-order valence-corrected chi connectivity index (χ2v) is 4.66. The van der Waals surface area contributed by atoms with Gasteiger partial charge in [-0.15, -0.1) is 0 Å². The Hall–Kier alpha value is -2.11. The smallest absolute Gasteiger partial charge is 0.169 e. The second kappa shape index (κ2) is 6.36. The summed E-state index contributed by atoms with van der Waals surface area (Å²) in [6, 6.07) is 4.10. The molecule has 6 heteroatoms. The fraction of sp³-hybridized carbons (Fsp3) is 0.500. The van der Waals surface area contributed by atoms with Crippen molar-refractivity contribution < 1.29 is 0 Å². The maximum absolute atomic E-state index is 4.64. The quantitative estimate of drug-likeness (QED) is 0.586. The van der Waals surface area contributed by atoms with Crippen LogP contribution in [0, 0.1) is 0 Å². The number of imidazole rings is 1. The van der Waals surface area contributed by atoms with Crippen molar-refractivity contribution in [3.05, 3.63) is 12.1 Å². The lowest BCUT2D eigenvalue weighted by Crippen LogP contribution is -2.08. The molecule has 2 heterocycles. The van der Waals surface area contributed by atoms with Gasteiger partial charge in [0.2, 0.25) is 0 Å². The molecule has 0 radical (unpaired) electrons. The zero-order valence-corrected chi connectivity index (χ0v) is 12.7. The van der Waals surface area contributed by atoms with Crippen LogP contribution in [-0.2, 0) is 0 Å². The topological polar surface area (TPSA) is 65.4 Å². The highest BCUT2D eigenvalue weighted by Crippen LogP contribution is 2.29. The Kier molecular flexibility index (Phi) is 4.55. The highest BCUT2D eigenvalue weighted by atomic mass is 15.2. The summed E-state index contributed by atoms with van der Waals surface area (Å²) in [5, 5.41) is 13.0. The van der Waals surface area contributed by atoms with Gasteiger partial charge in [-0.25, -0.2) is 4.98 Å². The molecule has 0 saturated heterocycles. The highest BCUT2D eigenvalue weighted by Gasteiger charge is 2.14. The molecule has 0 amide bonds. The first-order chi connectivity index (χ1) is 9.74. The van der Waals surface area contributed by atoms with Crippen LogP contribution < -0.4 is 21.3 Å². The van der Waals surface area contributed by atoms with E-state index >= 15 is 0 Å². The molecule has 0 saturated carbocycles. The summed E-state index contributed by atoms with van der Waals surface area (Å²) in [6.45, 7) is 3.13. The molecule has 0 bridgehead atoms. The molecule has 0 fully saturated rings. The van der Waals surface area contributed by atoms with Crippen molar-refractivity contribution in [2.45, 2.75) is 19.8 Å². The van der Waals surface area contributed by atoms with Crippen molar-refractivity contribution >= 4 is 28.8 Å². The predicted octanol–water partition coefficient (Wildman–Crippen LogP) is 2.67. The molecule has 0 aliphatic rings. The van der Waals surface area contributed by atoms with E-state index in [0.717, 1.165) is 41.8 Å². The maximum Gasteiger partial charge on any atom is 0.169 e. The largest absolute Gasteiger partial charge is 0.388 e. The van der Waals surface area contributed by atoms with Crippen LogP contribution in [0.1, 0.15) is 19.8 Å². The first-order valence-electron chi connectivity index (χ1n) is 7.08. The Morgan fingerprint density at radius 3 is 2.50 bits per heavy atom. The summed E-state index contributed by atoms with van der Waals surface area (Å²) in [7, 11) is 5.72. The van der Waals surface area contributed by atoms with Gasteiger partial charge in [0.05, 0.1) is 0 Å². The third-order valence-corrected chi connectivity index (χ3v) is 3.33. The third kappa shape index (κ3) is 2.59. The Morgan fingerprint density at radius 2 is 1.90 bits per heavy atom. The van der Waals surface area contributed by atoms with E-state index in [1.165, 1.54) is 6.42 Å². The number of pyridine rings is 1. The molecule has 2 aromatic heterocycles. The van der Waals surface area contributed by atoms with E-state index in [2.05, 4.69) is 43.6 Å². The maximum atomic E-state index is 4.64. The molecule has 110 valence electrons. The molecule has 0 aliphatic heterocycles. The molecule has 0 spiro atoms. The molecular weight excluding hydrogens is 252 g/mol. The minimum atomic E-state index is 0.867. The molecule has 0 atom stereocenters. The molecule has 0 aromatic carbocycles. The molecule has 0 unspecified atom stereocenters. The molecule has 2 aromatic rings. The standard InChI is InChI=1S/C14H24N6/c1-5-6-7-18-14-13(17-4)19-12-9-10(15-2)8-11(16-3)20(12)14/h8-9,15-18H,5-7H2,1-4H3. The van der Waals surface area contributed by atoms with E-state index in [0.29, 0.717) is 0 Å². The Labute approximate surface area is 120 Å². The van der Waals surface area contributed by atoms with Gasteiger partial charge in [-0.3, -0.25) is 4.40 Å². The van der Waals surface area contributed by atoms with Gasteiger partial charge in [-0.2, -0.15) is 0 Å². The first kappa shape index (κ1) is 14.3. The summed E-state index contributed by atoms with van der Waals surface area (Å²) in [4.78, 5) is 4.64. The van der Waals surface area contributed by atoms with E-state index in [1.807, 2.05) is 27.2 Å². The number of unbranched alkanes of at least 4 members (excludes halogenated alkanes) is 1. The van der Waals surface area contributed by atoms with Crippen LogP contribution in [0.15, 0.2) is 12.1 Å². The number of anilines is 4. The SMILES string of the molecule is CCCCNc1c(NC)nc2cc(NC)cc(NC)n12. The summed E-state index contributed by atoms with van der Waals surface area (Å²) >= 11 is 0. The number of rotatable bonds is 7. The monoisotopic (exact) mass is 276 g/mol. The summed E-state index contributed by atoms with van der Waals surface area (Å²) in [6.07, 6.45) is 2.31. The number of hydrogen-bond donors (Lipinski definition) is 4. The number of nitrogens with one attached hydrogen (secondary N) is 4. The van der Waals surface area contributed by atoms with Crippen molar-refractivity contribution in [2.75, 3.05) is 49.0 Å². The van der Waals surface area contributed by atoms with Crippen LogP contribution in [0.5, 0.6) is 0 Å². The number of hydrogen-bond acceptors (Lipinski definition) is 5. The van der Waals surface area contributed by atoms with Gasteiger partial charge < -0.3 is 21.3 Å². The first-order valence-corrected chi connectivity index (χ1v) is 7.08. The molecule has 20 heavy (non-hydrogen) atoms. The Bertz CT molecular complexity index is 575. The van der Waals surface area contributed by atoms with Crippen LogP contribution in [0.25, 0.3) is 5.65 Å². The minimum Gasteiger partial charge on any atom is -0.388 e. The van der Waals surface area contributed by atoms with E-state index in [9.17, 15) is 0 Å². The summed E-state index contributed by atoms with van der Waals surface area (Å²) in [5.41, 5.74) is 1.94. The van der Waals surface area contributed by atoms with Crippen molar-refractivity contribution in [1.29, 1.82) is 0 Å². The van der Waals surface area contributed by atoms with Crippen molar-refractivity contribution in [1.82, 2.24) is 9.38 Å². The van der Waals surface area contributed by atoms with Crippen LogP contribution in [0.3, 0.4) is 0 Å². The van der Waals surface area contributed by atoms with Gasteiger partial charge in [0.25, 0.3) is 0 Å². The molecule has 2 rings (SSSR count). The van der Waals surface area contributed by atoms with Gasteiger partial charge in [0.1, 0.15) is 11.5 Å². The highest BCUT2D eigenvalue weighted by molar-refractivity contribution is 5.75. The number of nitrogens with zero attached hydrogens (tertiary/aromatic N) is 2. The average molecular weight is 276 g/mol. The Balaban J connectivity index is 2.52. The van der Waals surface area contributed by atoms with Crippen LogP contribution in [0.2, 0.25) is 0 Å². The van der Waals surface area contributed by atoms with Crippen LogP contribution in [-0.4, -0.2) is 37.1 Å². The van der Waals surface area contributed by atoms with Crippen LogP contribution in [0.4, 0.5) is 23.1 Å². The molecule has 4 N–H and O–H groups in total. The predicted molar refractivity (Wildman–Crippen MR) is 87.2 cm³/mol. The summed E-state index contributed by atoms with van der Waals surface area (Å²) < 4.78 is 2.10. The lowest BCUT2D eigenvalue weighted by Gasteiger charge is -2.12. The van der Waals surface area contributed by atoms with E-state index in [4.69, 9.17) is 0 Å². The fourth-order valence-electron chi connectivity index (χ4n) is 2.22. The lowest BCUT2D eigenvalue weighted by atomic mass is 10.3. The van der Waals surface area contributed by atoms with Gasteiger partial charge in [-0.05, 0) is 6.42 Å². The van der Waals surface area contributed by atoms with E-state index in [-0.39, 0.29) is 0 Å². The van der Waals surface area contributed by atoms with Gasteiger partial charge in [0, 0.05) is 45.5 Å². The Morgan fingerprint density at radius 1 is 1.10 bits per heavy atom. The zero-order valence-electron chi connectivity index (χ0n) is 12.7. The lowest BCUT2D eigenvalue weighted by molar-refractivity contribution is 0.830. The van der Waals surface area contributed by atoms with Crippen molar-refractivity contribution in [3.63, 3.8) is 0 Å². The van der Waals surface area contributed by atoms with Crippen LogP contribution >= 0.6 is 0 Å². The van der Waals surface area contributed by atoms with Gasteiger partial charge in [0.15, 0.2) is 11.6 Å². The van der Waals surface area contributed by atoms with Crippen molar-refractivity contribution in [3.8, 4) is 0 Å². The number of aromatic nitrogens is 2. The van der Waals surface area contributed by atoms with Crippen molar-refractivity contribution in [2.24, 2.45) is 0 Å². The zero-order chi connectivity index (χ0) is 14.5. The average Bonchev–Trinajstić information content (AvgIpc) is 2.84. The van der Waals surface area contributed by atoms with Gasteiger partial charge in [-0.1, -0.05) is 13.3 Å². The van der Waals surface area contributed by atoms with Gasteiger partial charge >= 0.3 is 0 Å². The molecule has 0 aliphatic carbocycles. The fourth-order valence-corrected chi connectivity index (χ4v) is 2.22. The minimum absolute atomic E-state index is 0.867. The third-order valence-electron chi connectivity index (χ3n) is 3.33. The van der Waals surface area contributed by atoms with E-state index in [1.54, 1.807) is 0 Å². The molecular formula is C14H24N6. The number of fused-ring (bicyclic) bond motifs is 1. The normalized spacial score (nSPS) is 10.6. The second-order valence-electron chi connectivity index (χ2n) is 4.66. The summed E-state index contributed by atoms with van der Waals surface area (Å²) in [5.74, 6) is 2.87. The van der Waals surface area contributed by atoms with E-state index < -0.39 is 0 Å². The molecule has 6 nitrogen and oxygen atoms in total.